The van der Waals surface area contributed by atoms with E-state index in [4.69, 9.17) is 9.47 Å². The molecule has 0 aromatic heterocycles. The smallest absolute Gasteiger partial charge is 0.340 e. The Balaban J connectivity index is 2.08. The molecule has 0 aliphatic carbocycles. The summed E-state index contributed by atoms with van der Waals surface area (Å²) in [4.78, 5) is 36.7. The van der Waals surface area contributed by atoms with Crippen molar-refractivity contribution < 1.29 is 23.9 Å². The van der Waals surface area contributed by atoms with Crippen molar-refractivity contribution in [1.29, 1.82) is 0 Å². The number of nitrogens with one attached hydrogen (secondary N) is 1. The predicted molar refractivity (Wildman–Crippen MR) is 80.7 cm³/mol. The topological polar surface area (TPSA) is 84.9 Å². The second-order valence-corrected chi connectivity index (χ2v) is 5.47. The molecule has 7 nitrogen and oxygen atoms in total. The number of halogens is 1. The molecule has 0 radical (unpaired) electrons. The van der Waals surface area contributed by atoms with Crippen LogP contribution >= 0.6 is 15.9 Å². The van der Waals surface area contributed by atoms with Crippen LogP contribution in [0.1, 0.15) is 17.3 Å². The van der Waals surface area contributed by atoms with Crippen molar-refractivity contribution in [3.63, 3.8) is 0 Å². The summed E-state index contributed by atoms with van der Waals surface area (Å²) in [5.74, 6) is -0.735. The lowest BCUT2D eigenvalue weighted by Crippen LogP contribution is -2.41. The molecule has 1 saturated heterocycles. The van der Waals surface area contributed by atoms with Gasteiger partial charge in [0, 0.05) is 17.6 Å². The van der Waals surface area contributed by atoms with E-state index in [1.54, 1.807) is 12.1 Å². The zero-order chi connectivity index (χ0) is 16.3. The summed E-state index contributed by atoms with van der Waals surface area (Å²) in [6.45, 7) is 2.09. The van der Waals surface area contributed by atoms with E-state index in [1.807, 2.05) is 0 Å². The van der Waals surface area contributed by atoms with Crippen molar-refractivity contribution in [2.75, 3.05) is 20.2 Å². The number of imide groups is 1. The SMILES string of the molecule is COc1ccc(Br)c(C(=O)OC(C)C(=O)N2CCNC2=O)c1. The summed E-state index contributed by atoms with van der Waals surface area (Å²) < 4.78 is 10.7. The average Bonchev–Trinajstić information content (AvgIpc) is 2.92. The third kappa shape index (κ3) is 3.38. The highest BCUT2D eigenvalue weighted by Crippen LogP contribution is 2.23. The largest absolute Gasteiger partial charge is 0.497 e. The fourth-order valence-corrected chi connectivity index (χ4v) is 2.37. The molecule has 0 saturated carbocycles. The zero-order valence-electron chi connectivity index (χ0n) is 12.1. The van der Waals surface area contributed by atoms with Gasteiger partial charge in [0.05, 0.1) is 12.7 Å². The number of carbonyl (C=O) groups excluding carboxylic acids is 3. The molecule has 1 fully saturated rings. The summed E-state index contributed by atoms with van der Waals surface area (Å²) in [5.41, 5.74) is 0.241. The van der Waals surface area contributed by atoms with Crippen molar-refractivity contribution in [3.8, 4) is 5.75 Å². The van der Waals surface area contributed by atoms with E-state index in [-0.39, 0.29) is 12.1 Å². The predicted octanol–water partition coefficient (Wildman–Crippen LogP) is 1.55. The van der Waals surface area contributed by atoms with Crippen LogP contribution in [0.15, 0.2) is 22.7 Å². The molecule has 8 heteroatoms. The van der Waals surface area contributed by atoms with Crippen LogP contribution in [0.25, 0.3) is 0 Å². The summed E-state index contributed by atoms with van der Waals surface area (Å²) in [7, 11) is 1.48. The first-order valence-corrected chi connectivity index (χ1v) is 7.37. The monoisotopic (exact) mass is 370 g/mol. The molecule has 1 aromatic rings. The molecule has 1 heterocycles. The van der Waals surface area contributed by atoms with Gasteiger partial charge >= 0.3 is 12.0 Å². The number of amides is 3. The lowest BCUT2D eigenvalue weighted by Gasteiger charge is -2.18. The van der Waals surface area contributed by atoms with Crippen molar-refractivity contribution in [2.24, 2.45) is 0 Å². The summed E-state index contributed by atoms with van der Waals surface area (Å²) in [6, 6.07) is 4.36. The molecule has 0 spiro atoms. The van der Waals surface area contributed by atoms with E-state index >= 15 is 0 Å². The minimum atomic E-state index is -1.06. The normalized spacial score (nSPS) is 15.2. The van der Waals surface area contributed by atoms with Crippen LogP contribution in [-0.2, 0) is 9.53 Å². The Morgan fingerprint density at radius 1 is 1.41 bits per heavy atom. The van der Waals surface area contributed by atoms with Gasteiger partial charge in [0.2, 0.25) is 0 Å². The van der Waals surface area contributed by atoms with Crippen molar-refractivity contribution in [1.82, 2.24) is 10.2 Å². The van der Waals surface area contributed by atoms with E-state index in [0.717, 1.165) is 4.90 Å². The first kappa shape index (κ1) is 16.3. The number of ether oxygens (including phenoxy) is 2. The molecule has 118 valence electrons. The van der Waals surface area contributed by atoms with Crippen molar-refractivity contribution >= 4 is 33.8 Å². The highest BCUT2D eigenvalue weighted by molar-refractivity contribution is 9.10. The van der Waals surface area contributed by atoms with Gasteiger partial charge in [-0.2, -0.15) is 0 Å². The molecule has 0 bridgehead atoms. The maximum absolute atomic E-state index is 12.2. The van der Waals surface area contributed by atoms with Gasteiger partial charge in [0.15, 0.2) is 6.10 Å². The maximum atomic E-state index is 12.2. The Bertz CT molecular complexity index is 619. The van der Waals surface area contributed by atoms with Crippen LogP contribution in [0.3, 0.4) is 0 Å². The maximum Gasteiger partial charge on any atom is 0.340 e. The molecule has 1 atom stereocenters. The molecular weight excluding hydrogens is 356 g/mol. The number of carbonyl (C=O) groups is 3. The van der Waals surface area contributed by atoms with Crippen molar-refractivity contribution in [2.45, 2.75) is 13.0 Å². The molecule has 1 unspecified atom stereocenters. The third-order valence-corrected chi connectivity index (χ3v) is 3.84. The molecule has 3 amide bonds. The number of rotatable bonds is 4. The number of hydrogen-bond donors (Lipinski definition) is 1. The zero-order valence-corrected chi connectivity index (χ0v) is 13.7. The summed E-state index contributed by atoms with van der Waals surface area (Å²) >= 11 is 3.25. The molecular formula is C14H15BrN2O5. The van der Waals surface area contributed by atoms with Gasteiger partial charge in [-0.1, -0.05) is 0 Å². The van der Waals surface area contributed by atoms with Gasteiger partial charge in [-0.25, -0.2) is 9.59 Å². The number of benzene rings is 1. The minimum absolute atomic E-state index is 0.241. The average molecular weight is 371 g/mol. The standard InChI is InChI=1S/C14H15BrN2O5/c1-8(12(18)17-6-5-16-14(17)20)22-13(19)10-7-9(21-2)3-4-11(10)15/h3-4,7-8H,5-6H2,1-2H3,(H,16,20). The first-order chi connectivity index (χ1) is 10.4. The van der Waals surface area contributed by atoms with Crippen LogP contribution in [0.2, 0.25) is 0 Å². The van der Waals surface area contributed by atoms with Gasteiger partial charge in [-0.05, 0) is 41.1 Å². The van der Waals surface area contributed by atoms with E-state index < -0.39 is 24.0 Å². The molecule has 2 rings (SSSR count). The number of nitrogens with zero attached hydrogens (tertiary/aromatic N) is 1. The quantitative estimate of drug-likeness (QED) is 0.812. The van der Waals surface area contributed by atoms with Crippen LogP contribution in [0, 0.1) is 0 Å². The van der Waals surface area contributed by atoms with E-state index in [0.29, 0.717) is 16.8 Å². The Kier molecular flexibility index (Phi) is 5.02. The highest BCUT2D eigenvalue weighted by Gasteiger charge is 2.32. The molecule has 1 aliphatic rings. The lowest BCUT2D eigenvalue weighted by molar-refractivity contribution is -0.136. The minimum Gasteiger partial charge on any atom is -0.497 e. The number of hydrogen-bond acceptors (Lipinski definition) is 5. The molecule has 1 aromatic carbocycles. The summed E-state index contributed by atoms with van der Waals surface area (Å²) in [5, 5.41) is 2.52. The van der Waals surface area contributed by atoms with Crippen LogP contribution in [0.5, 0.6) is 5.75 Å². The summed E-state index contributed by atoms with van der Waals surface area (Å²) in [6.07, 6.45) is -1.06. The number of methoxy groups -OCH3 is 1. The van der Waals surface area contributed by atoms with Crippen LogP contribution in [0.4, 0.5) is 4.79 Å². The molecule has 1 N–H and O–H groups in total. The Hall–Kier alpha value is -2.09. The van der Waals surface area contributed by atoms with E-state index in [1.165, 1.54) is 20.1 Å². The Labute approximate surface area is 135 Å². The van der Waals surface area contributed by atoms with Crippen LogP contribution in [-0.4, -0.2) is 49.1 Å². The van der Waals surface area contributed by atoms with Gasteiger partial charge in [-0.3, -0.25) is 9.69 Å². The lowest BCUT2D eigenvalue weighted by atomic mass is 10.2. The van der Waals surface area contributed by atoms with E-state index in [2.05, 4.69) is 21.2 Å². The number of urea groups is 1. The van der Waals surface area contributed by atoms with Gasteiger partial charge in [-0.15, -0.1) is 0 Å². The third-order valence-electron chi connectivity index (χ3n) is 3.15. The molecule has 1 aliphatic heterocycles. The first-order valence-electron chi connectivity index (χ1n) is 6.57. The molecule has 22 heavy (non-hydrogen) atoms. The number of esters is 1. The van der Waals surface area contributed by atoms with Crippen molar-refractivity contribution in [3.05, 3.63) is 28.2 Å². The second-order valence-electron chi connectivity index (χ2n) is 4.62. The van der Waals surface area contributed by atoms with Gasteiger partial charge in [0.25, 0.3) is 5.91 Å². The van der Waals surface area contributed by atoms with Crippen LogP contribution < -0.4 is 10.1 Å². The Morgan fingerprint density at radius 3 is 2.73 bits per heavy atom. The van der Waals surface area contributed by atoms with Gasteiger partial charge < -0.3 is 14.8 Å². The second kappa shape index (κ2) is 6.78. The fourth-order valence-electron chi connectivity index (χ4n) is 1.96. The van der Waals surface area contributed by atoms with E-state index in [9.17, 15) is 14.4 Å². The Morgan fingerprint density at radius 2 is 2.14 bits per heavy atom. The van der Waals surface area contributed by atoms with Gasteiger partial charge in [0.1, 0.15) is 5.75 Å². The highest BCUT2D eigenvalue weighted by atomic mass is 79.9. The fraction of sp³-hybridized carbons (Fsp3) is 0.357.